The van der Waals surface area contributed by atoms with Crippen molar-refractivity contribution in [3.8, 4) is 34.8 Å². The second-order valence-electron chi connectivity index (χ2n) is 12.6. The number of phenolic OH excluding ortho intramolecular Hbond substituents is 2. The fraction of sp³-hybridized carbons (Fsp3) is 0.545. The molecule has 46 heavy (non-hydrogen) atoms. The molecule has 13 heteroatoms. The minimum absolute atomic E-state index is 0. The SMILES string of the molecule is CCCC(=O)N[C@@H](C)C(=O)NC[C@H]1c2c(c(O)c(C)c3c2OCO3)CC2C3c4c(cc(C)c(OC)c4O)C[C@@H]([C@H](C#N)N21)N3C.[Ac]. The quantitative estimate of drug-likeness (QED) is 0.327. The summed E-state index contributed by atoms with van der Waals surface area (Å²) in [6.07, 6.45) is 1.89. The van der Waals surface area contributed by atoms with Crippen molar-refractivity contribution in [1.29, 1.82) is 5.26 Å². The molecule has 2 bridgehead atoms. The van der Waals surface area contributed by atoms with Crippen molar-refractivity contribution in [3.05, 3.63) is 39.4 Å². The molecule has 0 spiro atoms. The first kappa shape index (κ1) is 34.6. The van der Waals surface area contributed by atoms with Gasteiger partial charge in [-0.15, -0.1) is 0 Å². The molecule has 2 aromatic carbocycles. The van der Waals surface area contributed by atoms with Gasteiger partial charge in [0, 0.05) is 91.4 Å². The molecule has 0 aromatic heterocycles. The maximum absolute atomic E-state index is 13.3. The third-order valence-corrected chi connectivity index (χ3v) is 10.0. The molecule has 4 aliphatic heterocycles. The number of nitrogens with one attached hydrogen (secondary N) is 2. The van der Waals surface area contributed by atoms with E-state index in [0.717, 1.165) is 16.7 Å². The van der Waals surface area contributed by atoms with Crippen molar-refractivity contribution >= 4 is 11.8 Å². The molecule has 0 aliphatic carbocycles. The van der Waals surface area contributed by atoms with Crippen LogP contribution in [0.25, 0.3) is 0 Å². The molecule has 6 rings (SSSR count). The van der Waals surface area contributed by atoms with Crippen LogP contribution in [-0.4, -0.2) is 83.5 Å². The van der Waals surface area contributed by atoms with Gasteiger partial charge in [-0.25, -0.2) is 0 Å². The summed E-state index contributed by atoms with van der Waals surface area (Å²) in [5, 5.41) is 39.7. The van der Waals surface area contributed by atoms with Crippen LogP contribution in [0.5, 0.6) is 28.7 Å². The summed E-state index contributed by atoms with van der Waals surface area (Å²) in [6, 6.07) is 1.74. The molecule has 1 fully saturated rings. The number of piperazine rings is 1. The molecule has 2 unspecified atom stereocenters. The number of nitrogens with zero attached hydrogens (tertiary/aromatic N) is 3. The molecule has 6 atom stereocenters. The molecule has 4 heterocycles. The van der Waals surface area contributed by atoms with E-state index in [1.165, 1.54) is 7.11 Å². The molecule has 2 aromatic rings. The number of fused-ring (bicyclic) bond motifs is 9. The van der Waals surface area contributed by atoms with Crippen LogP contribution in [0.4, 0.5) is 0 Å². The Morgan fingerprint density at radius 3 is 2.54 bits per heavy atom. The number of benzene rings is 2. The number of hydrogen-bond donors (Lipinski definition) is 4. The normalized spacial score (nSPS) is 24.8. The van der Waals surface area contributed by atoms with Gasteiger partial charge in [0.25, 0.3) is 0 Å². The molecular weight excluding hydrogens is 805 g/mol. The topological polar surface area (TPSA) is 157 Å². The number of aryl methyl sites for hydroxylation is 1. The van der Waals surface area contributed by atoms with Crippen molar-refractivity contribution in [2.24, 2.45) is 0 Å². The Kier molecular flexibility index (Phi) is 10.1. The number of ether oxygens (including phenoxy) is 3. The number of phenols is 2. The largest absolute Gasteiger partial charge is 0.507 e. The Bertz CT molecular complexity index is 1610. The van der Waals surface area contributed by atoms with Crippen molar-refractivity contribution in [3.63, 3.8) is 0 Å². The van der Waals surface area contributed by atoms with Crippen LogP contribution in [0.15, 0.2) is 6.07 Å². The average molecular weight is 847 g/mol. The Hall–Kier alpha value is -2.77. The van der Waals surface area contributed by atoms with Crippen LogP contribution < -0.4 is 24.8 Å². The number of likely N-dealkylation sites (N-methyl/N-ethyl adjacent to an activating group) is 1. The molecule has 1 saturated heterocycles. The van der Waals surface area contributed by atoms with Crippen molar-refractivity contribution in [2.75, 3.05) is 27.5 Å². The molecule has 12 nitrogen and oxygen atoms in total. The zero-order chi connectivity index (χ0) is 32.3. The van der Waals surface area contributed by atoms with Crippen LogP contribution in [0.3, 0.4) is 0 Å². The first-order chi connectivity index (χ1) is 21.5. The maximum atomic E-state index is 13.3. The number of rotatable bonds is 7. The van der Waals surface area contributed by atoms with E-state index in [-0.39, 0.29) is 98.8 Å². The number of hydrogen-bond acceptors (Lipinski definition) is 10. The molecule has 243 valence electrons. The summed E-state index contributed by atoms with van der Waals surface area (Å²) >= 11 is 0. The molecule has 0 saturated carbocycles. The van der Waals surface area contributed by atoms with Crippen molar-refractivity contribution < 1.29 is 78.1 Å². The van der Waals surface area contributed by atoms with E-state index in [0.29, 0.717) is 59.6 Å². The fourth-order valence-corrected chi connectivity index (χ4v) is 8.00. The fourth-order valence-electron chi connectivity index (χ4n) is 8.00. The second-order valence-corrected chi connectivity index (χ2v) is 12.6. The third kappa shape index (κ3) is 5.39. The standard InChI is InChI=1S/C33H41N5O7.Ac/c1-7-8-24(39)36-17(4)33(42)35-13-23-26-19(28(40)16(3)31-32(26)45-14-44-31)11-21-27-25-18(9-15(2)30(43-6)29(25)41)10-20(37(27)5)22(12-34)38(21)23;/h9,17,20-23,27,40-41H,7-8,10-11,13-14H2,1-6H3,(H,35,42)(H,36,39);/t17-,20-,21?,22-,23-,27?;/m0./s1. The summed E-state index contributed by atoms with van der Waals surface area (Å²) in [7, 11) is 3.51. The van der Waals surface area contributed by atoms with E-state index in [1.807, 2.05) is 27.0 Å². The van der Waals surface area contributed by atoms with Crippen molar-refractivity contribution in [1.82, 2.24) is 20.4 Å². The first-order valence-corrected chi connectivity index (χ1v) is 15.5. The Labute approximate surface area is 304 Å². The average Bonchev–Trinajstić information content (AvgIpc) is 3.49. The maximum Gasteiger partial charge on any atom is 0.242 e. The summed E-state index contributed by atoms with van der Waals surface area (Å²) in [5.74, 6) is 0.973. The van der Waals surface area contributed by atoms with Gasteiger partial charge in [-0.05, 0) is 58.2 Å². The number of carbonyl (C=O) groups excluding carboxylic acids is 2. The van der Waals surface area contributed by atoms with Crippen LogP contribution in [0.2, 0.25) is 0 Å². The van der Waals surface area contributed by atoms with Gasteiger partial charge in [-0.1, -0.05) is 13.0 Å². The van der Waals surface area contributed by atoms with E-state index in [4.69, 9.17) is 14.2 Å². The van der Waals surface area contributed by atoms with Gasteiger partial charge >= 0.3 is 0 Å². The third-order valence-electron chi connectivity index (χ3n) is 10.0. The zero-order valence-electron chi connectivity index (χ0n) is 27.1. The van der Waals surface area contributed by atoms with Crippen LogP contribution in [0, 0.1) is 69.2 Å². The number of amides is 2. The van der Waals surface area contributed by atoms with Crippen LogP contribution >= 0.6 is 0 Å². The molecule has 2 amide bonds. The van der Waals surface area contributed by atoms with Crippen LogP contribution in [0.1, 0.15) is 72.2 Å². The molecule has 4 N–H and O–H groups in total. The minimum Gasteiger partial charge on any atom is -0.507 e. The van der Waals surface area contributed by atoms with Gasteiger partial charge in [0.1, 0.15) is 17.8 Å². The van der Waals surface area contributed by atoms with Gasteiger partial charge < -0.3 is 35.1 Å². The number of nitriles is 1. The Balaban J connectivity index is 0.00000417. The van der Waals surface area contributed by atoms with E-state index >= 15 is 0 Å². The number of carbonyl (C=O) groups is 2. The first-order valence-electron chi connectivity index (χ1n) is 15.5. The Morgan fingerprint density at radius 2 is 1.87 bits per heavy atom. The summed E-state index contributed by atoms with van der Waals surface area (Å²) in [5.41, 5.74) is 4.44. The van der Waals surface area contributed by atoms with Crippen molar-refractivity contribution in [2.45, 2.75) is 89.6 Å². The summed E-state index contributed by atoms with van der Waals surface area (Å²) < 4.78 is 17.4. The number of aromatic hydroxyl groups is 2. The molecule has 4 aliphatic rings. The van der Waals surface area contributed by atoms with Gasteiger partial charge in [-0.3, -0.25) is 19.4 Å². The zero-order valence-corrected chi connectivity index (χ0v) is 31.9. The van der Waals surface area contributed by atoms with Gasteiger partial charge in [0.15, 0.2) is 23.0 Å². The Morgan fingerprint density at radius 1 is 1.15 bits per heavy atom. The predicted octanol–water partition coefficient (Wildman–Crippen LogP) is 2.64. The smallest absolute Gasteiger partial charge is 0.242 e. The van der Waals surface area contributed by atoms with Gasteiger partial charge in [0.05, 0.1) is 25.3 Å². The minimum atomic E-state index is -0.766. The molecular formula is C33H41AcN5O7. The van der Waals surface area contributed by atoms with E-state index < -0.39 is 18.1 Å². The van der Waals surface area contributed by atoms with Gasteiger partial charge in [0.2, 0.25) is 18.6 Å². The molecule has 1 radical (unpaired) electrons. The summed E-state index contributed by atoms with van der Waals surface area (Å²) in [6.45, 7) is 7.29. The summed E-state index contributed by atoms with van der Waals surface area (Å²) in [4.78, 5) is 29.8. The van der Waals surface area contributed by atoms with E-state index in [2.05, 4.69) is 26.5 Å². The predicted molar refractivity (Wildman–Crippen MR) is 163 cm³/mol. The van der Waals surface area contributed by atoms with Crippen LogP contribution in [-0.2, 0) is 22.4 Å². The van der Waals surface area contributed by atoms with Gasteiger partial charge in [-0.2, -0.15) is 5.26 Å². The number of methoxy groups -OCH3 is 1. The second kappa shape index (κ2) is 13.4. The monoisotopic (exact) mass is 846 g/mol. The van der Waals surface area contributed by atoms with E-state index in [1.54, 1.807) is 13.8 Å². The van der Waals surface area contributed by atoms with E-state index in [9.17, 15) is 25.1 Å².